The molecule has 1 aliphatic heterocycles. The number of nitriles is 1. The molecule has 0 aliphatic carbocycles. The molecule has 0 bridgehead atoms. The van der Waals surface area contributed by atoms with Crippen molar-refractivity contribution in [3.63, 3.8) is 0 Å². The number of Topliss-reactive ketones (excluding diaryl/α,β-unsaturated/α-hetero) is 1. The van der Waals surface area contributed by atoms with Gasteiger partial charge in [0.05, 0.1) is 5.56 Å². The first-order valence-corrected chi connectivity index (χ1v) is 9.22. The quantitative estimate of drug-likeness (QED) is 0.810. The molecule has 28 heavy (non-hydrogen) atoms. The van der Waals surface area contributed by atoms with Crippen molar-refractivity contribution in [2.45, 2.75) is 40.5 Å². The van der Waals surface area contributed by atoms with E-state index in [1.165, 1.54) is 6.92 Å². The lowest BCUT2D eigenvalue weighted by Crippen LogP contribution is -2.39. The van der Waals surface area contributed by atoms with Crippen LogP contribution in [0.3, 0.4) is 0 Å². The van der Waals surface area contributed by atoms with Crippen LogP contribution in [0.5, 0.6) is 0 Å². The van der Waals surface area contributed by atoms with Gasteiger partial charge in [-0.25, -0.2) is 9.97 Å². The number of aromatic nitrogens is 2. The van der Waals surface area contributed by atoms with Crippen molar-refractivity contribution in [2.24, 2.45) is 5.92 Å². The van der Waals surface area contributed by atoms with Crippen LogP contribution in [0.1, 0.15) is 52.8 Å². The summed E-state index contributed by atoms with van der Waals surface area (Å²) in [5.74, 6) is 0.397. The molecule has 3 rings (SSSR count). The van der Waals surface area contributed by atoms with E-state index in [0.29, 0.717) is 37.6 Å². The molecule has 0 unspecified atom stereocenters. The average molecular weight is 381 g/mol. The molecule has 0 aromatic carbocycles. The van der Waals surface area contributed by atoms with E-state index in [1.807, 2.05) is 26.0 Å². The van der Waals surface area contributed by atoms with Crippen LogP contribution in [-0.2, 0) is 4.79 Å². The molecule has 1 saturated heterocycles. The van der Waals surface area contributed by atoms with E-state index in [4.69, 9.17) is 4.42 Å². The second-order valence-electron chi connectivity index (χ2n) is 7.11. The first-order valence-electron chi connectivity index (χ1n) is 9.22. The van der Waals surface area contributed by atoms with Crippen LogP contribution >= 0.6 is 0 Å². The summed E-state index contributed by atoms with van der Waals surface area (Å²) in [4.78, 5) is 35.4. The van der Waals surface area contributed by atoms with Gasteiger partial charge >= 0.3 is 0 Å². The number of amides is 1. The second kappa shape index (κ2) is 7.80. The molecule has 8 nitrogen and oxygen atoms in total. The summed E-state index contributed by atoms with van der Waals surface area (Å²) in [6.07, 6.45) is 1.28. The van der Waals surface area contributed by atoms with Gasteiger partial charge in [0.1, 0.15) is 17.4 Å². The summed E-state index contributed by atoms with van der Waals surface area (Å²) < 4.78 is 5.47. The summed E-state index contributed by atoms with van der Waals surface area (Å²) in [6.45, 7) is 8.19. The van der Waals surface area contributed by atoms with Crippen molar-refractivity contribution < 1.29 is 14.0 Å². The number of piperidine rings is 1. The average Bonchev–Trinajstić information content (AvgIpc) is 2.96. The highest BCUT2D eigenvalue weighted by Crippen LogP contribution is 2.28. The van der Waals surface area contributed by atoms with Crippen molar-refractivity contribution >= 4 is 23.5 Å². The van der Waals surface area contributed by atoms with Gasteiger partial charge in [0.2, 0.25) is 17.7 Å². The number of rotatable bonds is 4. The molecule has 2 aromatic rings. The number of ketones is 1. The Balaban J connectivity index is 1.67. The third-order valence-corrected chi connectivity index (χ3v) is 4.90. The van der Waals surface area contributed by atoms with Gasteiger partial charge in [-0.1, -0.05) is 0 Å². The van der Waals surface area contributed by atoms with Crippen LogP contribution < -0.4 is 10.2 Å². The lowest BCUT2D eigenvalue weighted by Gasteiger charge is -2.31. The lowest BCUT2D eigenvalue weighted by atomic mass is 9.96. The molecule has 1 amide bonds. The smallest absolute Gasteiger partial charge is 0.229 e. The Morgan fingerprint density at radius 3 is 2.36 bits per heavy atom. The maximum absolute atomic E-state index is 12.7. The highest BCUT2D eigenvalue weighted by molar-refractivity contribution is 6.01. The predicted molar refractivity (Wildman–Crippen MR) is 103 cm³/mol. The number of carbonyl (C=O) groups is 2. The van der Waals surface area contributed by atoms with E-state index in [1.54, 1.807) is 6.92 Å². The monoisotopic (exact) mass is 381 g/mol. The summed E-state index contributed by atoms with van der Waals surface area (Å²) in [5, 5.41) is 12.0. The highest BCUT2D eigenvalue weighted by Gasteiger charge is 2.29. The zero-order valence-corrected chi connectivity index (χ0v) is 16.5. The van der Waals surface area contributed by atoms with Gasteiger partial charge in [-0.15, -0.1) is 0 Å². The number of carbonyl (C=O) groups excluding carboxylic acids is 2. The maximum Gasteiger partial charge on any atom is 0.229 e. The van der Waals surface area contributed by atoms with Gasteiger partial charge in [-0.2, -0.15) is 5.26 Å². The van der Waals surface area contributed by atoms with Crippen molar-refractivity contribution in [2.75, 3.05) is 23.3 Å². The standard InChI is InChI=1S/C20H23N5O3/c1-11-9-12(2)23-20(22-11)25-7-5-15(6-8-25)18(27)24-19-16(10-21)17(13(3)26)14(4)28-19/h9,15H,5-8H2,1-4H3,(H,24,27). The minimum atomic E-state index is -0.264. The van der Waals surface area contributed by atoms with Crippen molar-refractivity contribution in [1.29, 1.82) is 5.26 Å². The fraction of sp³-hybridized carbons (Fsp3) is 0.450. The predicted octanol–water partition coefficient (Wildman–Crippen LogP) is 2.92. The fourth-order valence-electron chi connectivity index (χ4n) is 3.57. The number of nitrogens with zero attached hydrogens (tertiary/aromatic N) is 4. The zero-order valence-electron chi connectivity index (χ0n) is 16.5. The Morgan fingerprint density at radius 2 is 1.82 bits per heavy atom. The van der Waals surface area contributed by atoms with E-state index < -0.39 is 0 Å². The Labute approximate surface area is 163 Å². The topological polar surface area (TPSA) is 112 Å². The van der Waals surface area contributed by atoms with Gasteiger partial charge in [-0.3, -0.25) is 14.9 Å². The van der Waals surface area contributed by atoms with Crippen molar-refractivity contribution in [3.05, 3.63) is 34.3 Å². The Hall–Kier alpha value is -3.21. The first-order chi connectivity index (χ1) is 13.3. The minimum absolute atomic E-state index is 0.0512. The van der Waals surface area contributed by atoms with Crippen molar-refractivity contribution in [3.8, 4) is 6.07 Å². The van der Waals surface area contributed by atoms with E-state index in [9.17, 15) is 14.9 Å². The summed E-state index contributed by atoms with van der Waals surface area (Å²) in [6, 6.07) is 3.89. The Morgan fingerprint density at radius 1 is 1.21 bits per heavy atom. The van der Waals surface area contributed by atoms with Crippen LogP contribution in [0.15, 0.2) is 10.5 Å². The number of anilines is 2. The molecular formula is C20H23N5O3. The first kappa shape index (κ1) is 19.5. The fourth-order valence-corrected chi connectivity index (χ4v) is 3.57. The van der Waals surface area contributed by atoms with Gasteiger partial charge in [0.25, 0.3) is 0 Å². The molecule has 1 aliphatic rings. The summed E-state index contributed by atoms with van der Waals surface area (Å²) in [7, 11) is 0. The number of hydrogen-bond donors (Lipinski definition) is 1. The van der Waals surface area contributed by atoms with E-state index in [2.05, 4.69) is 20.2 Å². The number of furan rings is 1. The molecule has 3 heterocycles. The van der Waals surface area contributed by atoms with Crippen LogP contribution in [0, 0.1) is 38.0 Å². The summed E-state index contributed by atoms with van der Waals surface area (Å²) in [5.41, 5.74) is 2.14. The van der Waals surface area contributed by atoms with E-state index >= 15 is 0 Å². The van der Waals surface area contributed by atoms with Gasteiger partial charge in [0, 0.05) is 30.4 Å². The molecule has 8 heteroatoms. The second-order valence-corrected chi connectivity index (χ2v) is 7.11. The van der Waals surface area contributed by atoms with Gasteiger partial charge in [0.15, 0.2) is 5.78 Å². The lowest BCUT2D eigenvalue weighted by molar-refractivity contribution is -0.120. The number of nitrogens with one attached hydrogen (secondary N) is 1. The maximum atomic E-state index is 12.7. The van der Waals surface area contributed by atoms with E-state index in [-0.39, 0.29) is 34.6 Å². The van der Waals surface area contributed by atoms with Crippen LogP contribution in [0.2, 0.25) is 0 Å². The van der Waals surface area contributed by atoms with Crippen LogP contribution in [-0.4, -0.2) is 34.7 Å². The zero-order chi connectivity index (χ0) is 20.4. The number of aryl methyl sites for hydroxylation is 3. The Bertz CT molecular complexity index is 945. The number of hydrogen-bond acceptors (Lipinski definition) is 7. The molecule has 146 valence electrons. The minimum Gasteiger partial charge on any atom is -0.443 e. The Kier molecular flexibility index (Phi) is 5.45. The van der Waals surface area contributed by atoms with Crippen molar-refractivity contribution in [1.82, 2.24) is 9.97 Å². The largest absolute Gasteiger partial charge is 0.443 e. The van der Waals surface area contributed by atoms with Gasteiger partial charge < -0.3 is 9.32 Å². The van der Waals surface area contributed by atoms with E-state index in [0.717, 1.165) is 11.4 Å². The molecule has 1 fully saturated rings. The molecular weight excluding hydrogens is 358 g/mol. The SMILES string of the molecule is CC(=O)c1c(C)oc(NC(=O)C2CCN(c3nc(C)cc(C)n3)CC2)c1C#N. The summed E-state index contributed by atoms with van der Waals surface area (Å²) >= 11 is 0. The van der Waals surface area contributed by atoms with Crippen LogP contribution in [0.25, 0.3) is 0 Å². The third-order valence-electron chi connectivity index (χ3n) is 4.90. The van der Waals surface area contributed by atoms with Gasteiger partial charge in [-0.05, 0) is 46.6 Å². The molecule has 0 radical (unpaired) electrons. The highest BCUT2D eigenvalue weighted by atomic mass is 16.4. The molecule has 0 spiro atoms. The molecule has 0 saturated carbocycles. The normalized spacial score (nSPS) is 14.6. The molecule has 2 aromatic heterocycles. The van der Waals surface area contributed by atoms with Crippen LogP contribution in [0.4, 0.5) is 11.8 Å². The third kappa shape index (κ3) is 3.88. The molecule has 0 atom stereocenters. The molecule has 1 N–H and O–H groups in total.